The van der Waals surface area contributed by atoms with E-state index in [1.165, 1.54) is 0 Å². The van der Waals surface area contributed by atoms with Crippen LogP contribution in [0.1, 0.15) is 49.5 Å². The van der Waals surface area contributed by atoms with Gasteiger partial charge < -0.3 is 9.84 Å². The predicted octanol–water partition coefficient (Wildman–Crippen LogP) is 3.30. The number of benzene rings is 1. The maximum atomic E-state index is 11.0. The van der Waals surface area contributed by atoms with Crippen molar-refractivity contribution in [3.8, 4) is 5.75 Å². The van der Waals surface area contributed by atoms with Gasteiger partial charge in [0.15, 0.2) is 0 Å². The van der Waals surface area contributed by atoms with Crippen LogP contribution in [0.25, 0.3) is 0 Å². The number of carboxylic acids is 1. The minimum absolute atomic E-state index is 0.0932. The Bertz CT molecular complexity index is 381. The number of carboxylic acid groups (broad SMARTS) is 1. The molecule has 1 N–H and O–H groups in total. The molecule has 0 bridgehead atoms. The van der Waals surface area contributed by atoms with Crippen molar-refractivity contribution >= 4 is 5.97 Å². The molecule has 1 aromatic carbocycles. The third-order valence-electron chi connectivity index (χ3n) is 2.25. The van der Waals surface area contributed by atoms with Crippen molar-refractivity contribution in [3.63, 3.8) is 0 Å². The number of hydrogen-bond donors (Lipinski definition) is 1. The van der Waals surface area contributed by atoms with Crippen LogP contribution in [-0.4, -0.2) is 17.2 Å². The van der Waals surface area contributed by atoms with Crippen LogP contribution in [0.3, 0.4) is 0 Å². The quantitative estimate of drug-likeness (QED) is 0.850. The highest BCUT2D eigenvalue weighted by molar-refractivity contribution is 5.89. The third-order valence-corrected chi connectivity index (χ3v) is 2.25. The highest BCUT2D eigenvalue weighted by Gasteiger charge is 2.14. The van der Waals surface area contributed by atoms with Gasteiger partial charge in [0.25, 0.3) is 0 Å². The van der Waals surface area contributed by atoms with E-state index in [2.05, 4.69) is 0 Å². The van der Waals surface area contributed by atoms with E-state index in [0.29, 0.717) is 5.56 Å². The van der Waals surface area contributed by atoms with Gasteiger partial charge in [-0.2, -0.15) is 0 Å². The first-order valence-corrected chi connectivity index (χ1v) is 5.45. The largest absolute Gasteiger partial charge is 0.491 e. The summed E-state index contributed by atoms with van der Waals surface area (Å²) in [4.78, 5) is 11.0. The Labute approximate surface area is 96.1 Å². The monoisotopic (exact) mass is 222 g/mol. The summed E-state index contributed by atoms with van der Waals surface area (Å²) in [6, 6.07) is 5.12. The van der Waals surface area contributed by atoms with Crippen molar-refractivity contribution in [1.29, 1.82) is 0 Å². The molecule has 0 amide bonds. The van der Waals surface area contributed by atoms with E-state index in [9.17, 15) is 4.79 Å². The lowest BCUT2D eigenvalue weighted by atomic mass is 9.97. The van der Waals surface area contributed by atoms with Crippen LogP contribution in [0.5, 0.6) is 5.75 Å². The molecule has 1 aromatic rings. The highest BCUT2D eigenvalue weighted by atomic mass is 16.5. The van der Waals surface area contributed by atoms with E-state index in [0.717, 1.165) is 11.3 Å². The van der Waals surface area contributed by atoms with E-state index in [1.54, 1.807) is 12.1 Å². The zero-order valence-corrected chi connectivity index (χ0v) is 10.2. The lowest BCUT2D eigenvalue weighted by molar-refractivity contribution is 0.0695. The summed E-state index contributed by atoms with van der Waals surface area (Å²) < 4.78 is 5.55. The fourth-order valence-corrected chi connectivity index (χ4v) is 1.56. The zero-order valence-electron chi connectivity index (χ0n) is 10.2. The smallest absolute Gasteiger partial charge is 0.335 e. The molecule has 0 spiro atoms. The molecule has 0 unspecified atom stereocenters. The molecule has 0 aliphatic carbocycles. The van der Waals surface area contributed by atoms with Gasteiger partial charge in [-0.25, -0.2) is 4.79 Å². The first kappa shape index (κ1) is 12.6. The van der Waals surface area contributed by atoms with Gasteiger partial charge in [-0.15, -0.1) is 0 Å². The van der Waals surface area contributed by atoms with E-state index >= 15 is 0 Å². The van der Waals surface area contributed by atoms with Crippen LogP contribution in [-0.2, 0) is 0 Å². The molecule has 1 rings (SSSR count). The van der Waals surface area contributed by atoms with E-state index in [1.807, 2.05) is 33.8 Å². The van der Waals surface area contributed by atoms with E-state index in [4.69, 9.17) is 9.84 Å². The average molecular weight is 222 g/mol. The summed E-state index contributed by atoms with van der Waals surface area (Å²) in [5, 5.41) is 9.05. The average Bonchev–Trinajstić information content (AvgIpc) is 2.16. The molecule has 3 nitrogen and oxygen atoms in total. The number of hydrogen-bond acceptors (Lipinski definition) is 2. The van der Waals surface area contributed by atoms with E-state index in [-0.39, 0.29) is 12.0 Å². The molecule has 88 valence electrons. The van der Waals surface area contributed by atoms with Crippen molar-refractivity contribution in [3.05, 3.63) is 29.3 Å². The van der Waals surface area contributed by atoms with Gasteiger partial charge in [0.05, 0.1) is 11.7 Å². The second-order valence-corrected chi connectivity index (χ2v) is 4.38. The molecule has 0 heterocycles. The van der Waals surface area contributed by atoms with Crippen LogP contribution in [0.2, 0.25) is 0 Å². The van der Waals surface area contributed by atoms with Crippen molar-refractivity contribution in [2.24, 2.45) is 0 Å². The van der Waals surface area contributed by atoms with E-state index < -0.39 is 5.97 Å². The minimum atomic E-state index is -0.889. The number of aromatic carboxylic acids is 1. The van der Waals surface area contributed by atoms with Gasteiger partial charge in [0.2, 0.25) is 0 Å². The Balaban J connectivity index is 3.12. The first-order chi connectivity index (χ1) is 7.41. The third kappa shape index (κ3) is 2.99. The summed E-state index contributed by atoms with van der Waals surface area (Å²) >= 11 is 0. The van der Waals surface area contributed by atoms with Crippen molar-refractivity contribution in [2.75, 3.05) is 0 Å². The molecular weight excluding hydrogens is 204 g/mol. The molecule has 0 aromatic heterocycles. The summed E-state index contributed by atoms with van der Waals surface area (Å²) in [6.07, 6.45) is 0.0932. The highest BCUT2D eigenvalue weighted by Crippen LogP contribution is 2.25. The summed E-state index contributed by atoms with van der Waals surface area (Å²) in [6.45, 7) is 7.84. The maximum absolute atomic E-state index is 11.0. The maximum Gasteiger partial charge on any atom is 0.335 e. The number of rotatable bonds is 4. The van der Waals surface area contributed by atoms with Gasteiger partial charge in [-0.1, -0.05) is 13.8 Å². The molecule has 0 radical (unpaired) electrons. The lowest BCUT2D eigenvalue weighted by Crippen LogP contribution is -2.08. The molecule has 3 heteroatoms. The van der Waals surface area contributed by atoms with Crippen LogP contribution in [0.15, 0.2) is 18.2 Å². The molecule has 0 fully saturated rings. The Morgan fingerprint density at radius 3 is 2.31 bits per heavy atom. The van der Waals surface area contributed by atoms with Gasteiger partial charge >= 0.3 is 5.97 Å². The molecule has 0 aliphatic rings. The Morgan fingerprint density at radius 1 is 1.25 bits per heavy atom. The molecule has 0 atom stereocenters. The minimum Gasteiger partial charge on any atom is -0.491 e. The van der Waals surface area contributed by atoms with Crippen molar-refractivity contribution in [1.82, 2.24) is 0 Å². The van der Waals surface area contributed by atoms with Crippen LogP contribution in [0, 0.1) is 0 Å². The van der Waals surface area contributed by atoms with Gasteiger partial charge in [-0.05, 0) is 43.5 Å². The van der Waals surface area contributed by atoms with Crippen LogP contribution < -0.4 is 4.74 Å². The Kier molecular flexibility index (Phi) is 3.93. The SMILES string of the molecule is CC(C)Oc1ccc(C(=O)O)c(C(C)C)c1. The molecule has 0 saturated carbocycles. The zero-order chi connectivity index (χ0) is 12.3. The molecule has 0 aliphatic heterocycles. The Morgan fingerprint density at radius 2 is 1.88 bits per heavy atom. The normalized spacial score (nSPS) is 10.9. The van der Waals surface area contributed by atoms with Gasteiger partial charge in [0, 0.05) is 0 Å². The van der Waals surface area contributed by atoms with Crippen molar-refractivity contribution < 1.29 is 14.6 Å². The van der Waals surface area contributed by atoms with Gasteiger partial charge in [0.1, 0.15) is 5.75 Å². The fourth-order valence-electron chi connectivity index (χ4n) is 1.56. The molecule has 16 heavy (non-hydrogen) atoms. The lowest BCUT2D eigenvalue weighted by Gasteiger charge is -2.14. The number of ether oxygens (including phenoxy) is 1. The standard InChI is InChI=1S/C13H18O3/c1-8(2)12-7-10(16-9(3)4)5-6-11(12)13(14)15/h5-9H,1-4H3,(H,14,15). The Hall–Kier alpha value is -1.51. The van der Waals surface area contributed by atoms with Crippen LogP contribution in [0.4, 0.5) is 0 Å². The fraction of sp³-hybridized carbons (Fsp3) is 0.462. The predicted molar refractivity (Wildman–Crippen MR) is 63.3 cm³/mol. The number of carbonyl (C=O) groups is 1. The second-order valence-electron chi connectivity index (χ2n) is 4.38. The first-order valence-electron chi connectivity index (χ1n) is 5.45. The summed E-state index contributed by atoms with van der Waals surface area (Å²) in [7, 11) is 0. The topological polar surface area (TPSA) is 46.5 Å². The molecule has 0 saturated heterocycles. The van der Waals surface area contributed by atoms with Crippen LogP contribution >= 0.6 is 0 Å². The van der Waals surface area contributed by atoms with Crippen molar-refractivity contribution in [2.45, 2.75) is 39.7 Å². The van der Waals surface area contributed by atoms with Gasteiger partial charge in [-0.3, -0.25) is 0 Å². The molecular formula is C13H18O3. The summed E-state index contributed by atoms with van der Waals surface area (Å²) in [5.41, 5.74) is 1.16. The summed E-state index contributed by atoms with van der Waals surface area (Å²) in [5.74, 6) is 0.00492. The second kappa shape index (κ2) is 5.01.